The molecule has 0 amide bonds. The van der Waals surface area contributed by atoms with E-state index in [9.17, 15) is 13.5 Å². The van der Waals surface area contributed by atoms with Crippen LogP contribution in [-0.2, 0) is 10.0 Å². The van der Waals surface area contributed by atoms with Gasteiger partial charge in [-0.1, -0.05) is 6.92 Å². The number of piperidine rings is 1. The van der Waals surface area contributed by atoms with Crippen molar-refractivity contribution >= 4 is 31.6 Å². The monoisotopic (exact) mass is 348 g/mol. The molecular formula is C12H17BrN2O3S. The highest BCUT2D eigenvalue weighted by atomic mass is 79.9. The summed E-state index contributed by atoms with van der Waals surface area (Å²) in [6.45, 7) is 2.47. The number of hydrogen-bond donors (Lipinski definition) is 2. The molecule has 2 unspecified atom stereocenters. The van der Waals surface area contributed by atoms with Gasteiger partial charge in [0.2, 0.25) is 10.0 Å². The molecule has 2 rings (SSSR count). The number of hydrogen-bond acceptors (Lipinski definition) is 4. The van der Waals surface area contributed by atoms with Crippen molar-refractivity contribution in [3.05, 3.63) is 22.7 Å². The predicted octanol–water partition coefficient (Wildman–Crippen LogP) is 1.42. The molecule has 0 aromatic heterocycles. The van der Waals surface area contributed by atoms with Crippen LogP contribution in [0.15, 0.2) is 27.6 Å². The third-order valence-corrected chi connectivity index (χ3v) is 6.31. The predicted molar refractivity (Wildman–Crippen MR) is 77.1 cm³/mol. The molecule has 1 aliphatic heterocycles. The molecule has 0 spiro atoms. The topological polar surface area (TPSA) is 83.6 Å². The Labute approximate surface area is 121 Å². The lowest BCUT2D eigenvalue weighted by Gasteiger charge is -2.33. The average molecular weight is 349 g/mol. The molecule has 0 bridgehead atoms. The molecule has 1 fully saturated rings. The Balaban J connectivity index is 2.35. The van der Waals surface area contributed by atoms with Crippen LogP contribution in [0.5, 0.6) is 0 Å². The minimum Gasteiger partial charge on any atom is -0.399 e. The largest absolute Gasteiger partial charge is 0.399 e. The molecule has 1 aromatic carbocycles. The van der Waals surface area contributed by atoms with Gasteiger partial charge >= 0.3 is 0 Å². The summed E-state index contributed by atoms with van der Waals surface area (Å²) >= 11 is 3.24. The van der Waals surface area contributed by atoms with Gasteiger partial charge in [0, 0.05) is 23.2 Å². The lowest BCUT2D eigenvalue weighted by atomic mass is 9.98. The van der Waals surface area contributed by atoms with Crippen molar-refractivity contribution in [2.75, 3.05) is 18.8 Å². The average Bonchev–Trinajstić information content (AvgIpc) is 2.35. The highest BCUT2D eigenvalue weighted by molar-refractivity contribution is 9.10. The highest BCUT2D eigenvalue weighted by Crippen LogP contribution is 2.29. The quantitative estimate of drug-likeness (QED) is 0.791. The van der Waals surface area contributed by atoms with E-state index in [0.717, 1.165) is 0 Å². The van der Waals surface area contributed by atoms with Gasteiger partial charge in [-0.15, -0.1) is 0 Å². The minimum atomic E-state index is -3.63. The van der Waals surface area contributed by atoms with Crippen molar-refractivity contribution < 1.29 is 13.5 Å². The van der Waals surface area contributed by atoms with Crippen molar-refractivity contribution in [1.29, 1.82) is 0 Å². The minimum absolute atomic E-state index is 0.121. The van der Waals surface area contributed by atoms with E-state index < -0.39 is 16.1 Å². The van der Waals surface area contributed by atoms with E-state index in [1.54, 1.807) is 12.1 Å². The van der Waals surface area contributed by atoms with Crippen LogP contribution in [-0.4, -0.2) is 37.0 Å². The van der Waals surface area contributed by atoms with Crippen LogP contribution >= 0.6 is 15.9 Å². The Morgan fingerprint density at radius 3 is 2.79 bits per heavy atom. The van der Waals surface area contributed by atoms with E-state index in [2.05, 4.69) is 15.9 Å². The van der Waals surface area contributed by atoms with Gasteiger partial charge in [0.05, 0.1) is 11.0 Å². The molecule has 1 aliphatic rings. The lowest BCUT2D eigenvalue weighted by molar-refractivity contribution is 0.0605. The van der Waals surface area contributed by atoms with E-state index in [1.807, 2.05) is 6.92 Å². The van der Waals surface area contributed by atoms with E-state index in [4.69, 9.17) is 5.73 Å². The number of rotatable bonds is 2. The van der Waals surface area contributed by atoms with Gasteiger partial charge in [0.25, 0.3) is 0 Å². The zero-order valence-electron chi connectivity index (χ0n) is 10.6. The first-order chi connectivity index (χ1) is 8.82. The summed E-state index contributed by atoms with van der Waals surface area (Å²) in [6, 6.07) is 4.69. The van der Waals surface area contributed by atoms with E-state index in [1.165, 1.54) is 10.4 Å². The first kappa shape index (κ1) is 14.8. The Hall–Kier alpha value is -0.630. The van der Waals surface area contributed by atoms with Crippen LogP contribution in [0.25, 0.3) is 0 Å². The molecule has 106 valence electrons. The molecule has 5 nitrogen and oxygen atoms in total. The second-order valence-corrected chi connectivity index (χ2v) is 7.65. The molecule has 1 heterocycles. The zero-order chi connectivity index (χ0) is 14.2. The molecule has 7 heteroatoms. The molecule has 0 radical (unpaired) electrons. The standard InChI is InChI=1S/C12H17BrN2O3S/c1-8-4-5-15(7-11(8)16)19(17,18)12-6-9(14)2-3-10(12)13/h2-3,6,8,11,16H,4-5,7,14H2,1H3. The van der Waals surface area contributed by atoms with E-state index >= 15 is 0 Å². The summed E-state index contributed by atoms with van der Waals surface area (Å²) in [5.41, 5.74) is 6.05. The van der Waals surface area contributed by atoms with Crippen LogP contribution in [0, 0.1) is 5.92 Å². The van der Waals surface area contributed by atoms with Gasteiger partial charge in [0.1, 0.15) is 0 Å². The van der Waals surface area contributed by atoms with Crippen molar-refractivity contribution in [2.45, 2.75) is 24.3 Å². The maximum atomic E-state index is 12.5. The Morgan fingerprint density at radius 2 is 2.16 bits per heavy atom. The number of nitrogen functional groups attached to an aromatic ring is 1. The summed E-state index contributed by atoms with van der Waals surface area (Å²) in [5.74, 6) is 0.121. The first-order valence-electron chi connectivity index (χ1n) is 6.05. The van der Waals surface area contributed by atoms with Gasteiger partial charge in [-0.25, -0.2) is 8.42 Å². The van der Waals surface area contributed by atoms with Crippen LogP contribution in [0.1, 0.15) is 13.3 Å². The second kappa shape index (κ2) is 5.40. The zero-order valence-corrected chi connectivity index (χ0v) is 13.0. The van der Waals surface area contributed by atoms with Crippen molar-refractivity contribution in [1.82, 2.24) is 4.31 Å². The second-order valence-electron chi connectivity index (χ2n) is 4.89. The lowest BCUT2D eigenvalue weighted by Crippen LogP contribution is -2.45. The van der Waals surface area contributed by atoms with Gasteiger partial charge in [-0.2, -0.15) is 4.31 Å². The van der Waals surface area contributed by atoms with E-state index in [0.29, 0.717) is 23.1 Å². The Morgan fingerprint density at radius 1 is 1.47 bits per heavy atom. The van der Waals surface area contributed by atoms with Gasteiger partial charge in [-0.05, 0) is 46.5 Å². The van der Waals surface area contributed by atoms with Crippen LogP contribution in [0.4, 0.5) is 5.69 Å². The van der Waals surface area contributed by atoms with Crippen molar-refractivity contribution in [3.63, 3.8) is 0 Å². The Kier molecular flexibility index (Phi) is 4.20. The molecular weight excluding hydrogens is 332 g/mol. The summed E-state index contributed by atoms with van der Waals surface area (Å²) in [6.07, 6.45) is 0.0312. The maximum Gasteiger partial charge on any atom is 0.244 e. The third-order valence-electron chi connectivity index (χ3n) is 3.45. The van der Waals surface area contributed by atoms with Crippen molar-refractivity contribution in [3.8, 4) is 0 Å². The number of aliphatic hydroxyl groups excluding tert-OH is 1. The summed E-state index contributed by atoms with van der Waals surface area (Å²) in [5, 5.41) is 9.84. The SMILES string of the molecule is CC1CCN(S(=O)(=O)c2cc(N)ccc2Br)CC1O. The number of β-amino-alcohol motifs (C(OH)–C–C–N with tert-alkyl or cyclic N) is 1. The third kappa shape index (κ3) is 2.94. The summed E-state index contributed by atoms with van der Waals surface area (Å²) in [4.78, 5) is 0.147. The smallest absolute Gasteiger partial charge is 0.244 e. The number of nitrogens with two attached hydrogens (primary N) is 1. The van der Waals surface area contributed by atoms with Crippen LogP contribution in [0.3, 0.4) is 0 Å². The molecule has 1 saturated heterocycles. The summed E-state index contributed by atoms with van der Waals surface area (Å²) < 4.78 is 26.9. The van der Waals surface area contributed by atoms with Gasteiger partial charge in [0.15, 0.2) is 0 Å². The molecule has 3 N–H and O–H groups in total. The maximum absolute atomic E-state index is 12.5. The molecule has 0 aliphatic carbocycles. The van der Waals surface area contributed by atoms with Crippen LogP contribution in [0.2, 0.25) is 0 Å². The number of nitrogens with zero attached hydrogens (tertiary/aromatic N) is 1. The fraction of sp³-hybridized carbons (Fsp3) is 0.500. The number of sulfonamides is 1. The molecule has 0 saturated carbocycles. The van der Waals surface area contributed by atoms with Gasteiger partial charge < -0.3 is 10.8 Å². The Bertz CT molecular complexity index is 576. The van der Waals surface area contributed by atoms with Gasteiger partial charge in [-0.3, -0.25) is 0 Å². The van der Waals surface area contributed by atoms with Crippen molar-refractivity contribution in [2.24, 2.45) is 5.92 Å². The normalized spacial score (nSPS) is 25.4. The van der Waals surface area contributed by atoms with Crippen LogP contribution < -0.4 is 5.73 Å². The number of aliphatic hydroxyl groups is 1. The molecule has 2 atom stereocenters. The number of anilines is 1. The molecule has 1 aromatic rings. The fourth-order valence-corrected chi connectivity index (χ4v) is 4.53. The number of benzene rings is 1. The number of halogens is 1. The molecule has 19 heavy (non-hydrogen) atoms. The highest BCUT2D eigenvalue weighted by Gasteiger charge is 2.33. The fourth-order valence-electron chi connectivity index (χ4n) is 2.09. The van der Waals surface area contributed by atoms with E-state index in [-0.39, 0.29) is 17.4 Å². The summed E-state index contributed by atoms with van der Waals surface area (Å²) in [7, 11) is -3.63. The first-order valence-corrected chi connectivity index (χ1v) is 8.29.